The Morgan fingerprint density at radius 1 is 0.496 bits per heavy atom. The number of methoxy groups -OCH3 is 1. The van der Waals surface area contributed by atoms with Gasteiger partial charge in [0.25, 0.3) is 11.8 Å². The number of anilines is 10. The zero-order valence-electron chi connectivity index (χ0n) is 71.4. The van der Waals surface area contributed by atoms with Crippen LogP contribution < -0.4 is 67.5 Å². The number of hydrogen-bond acceptors (Lipinski definition) is 21. The van der Waals surface area contributed by atoms with Gasteiger partial charge in [0.15, 0.2) is 11.6 Å². The van der Waals surface area contributed by atoms with E-state index in [1.165, 1.54) is 11.1 Å². The highest BCUT2D eigenvalue weighted by atomic mass is 32.2. The van der Waals surface area contributed by atoms with E-state index in [1.54, 1.807) is 102 Å². The van der Waals surface area contributed by atoms with Crippen LogP contribution in [0.4, 0.5) is 56.9 Å². The number of aryl methyl sites for hydroxylation is 2. The third-order valence-corrected chi connectivity index (χ3v) is 19.2. The average Bonchev–Trinajstić information content (AvgIpc) is 1.31. The number of hydrogen-bond donors (Lipinski definition) is 11. The van der Waals surface area contributed by atoms with E-state index >= 15 is 0 Å². The van der Waals surface area contributed by atoms with E-state index in [2.05, 4.69) is 113 Å². The standard InChI is InChI=1S/C13H18N2O2.C13H14N2.C12H13N3.C10H12N4.C10H14N2O.C9H14N2O2S.C9H12N2O.C9H11NO.C7H9N/c1-14-10-6-7-11(12(9-10)17-2)15-8-4-3-5-13(15)16;1-14-13-4-2-3-12(10-13)9-11-5-7-15-8-6-11;1-9-14-7-6-12(15-9)10-4-3-5-11(8-10)13-2;1-11-9-5-3-4-8(6-9)10-12-7-13-14(10)2;1-11-9-6-4-5-8(7-9)10(13)12(2)3;1-3-11-14(12,13)9-6-4-5-8(7-9)10-2;1-10-8-5-3-4-7(6-8)9(12)11-2;1-7(11)8-4-3-5-9(6-8)10-2;1-8-7-5-3-2-4-6-7/h6-7,9,14H,3-5,8H2,1-2H3;2-8,10,14H,9H2,1H3;3-8,13H,1-2H3;3-7,11H,1-2H3;4-7,11H,1-3H3;4-7,10-11H,3H2,1-2H3;3-6,10H,1-2H3,(H,11,12);3-6,10H,1-2H3;2-6,8H,1H3. The van der Waals surface area contributed by atoms with Gasteiger partial charge >= 0.3 is 0 Å². The Balaban J connectivity index is 0.000000240. The Bertz CT molecular complexity index is 5150. The maximum atomic E-state index is 11.9. The topological polar surface area (TPSA) is 320 Å². The van der Waals surface area contributed by atoms with Crippen molar-refractivity contribution in [1.29, 1.82) is 0 Å². The number of nitrogens with one attached hydrogen (secondary N) is 11. The van der Waals surface area contributed by atoms with Gasteiger partial charge in [0.1, 0.15) is 17.9 Å². The van der Waals surface area contributed by atoms with Gasteiger partial charge in [-0.25, -0.2) is 32.8 Å². The quantitative estimate of drug-likeness (QED) is 0.0298. The number of aromatic nitrogens is 6. The highest BCUT2D eigenvalue weighted by Crippen LogP contribution is 2.34. The van der Waals surface area contributed by atoms with Crippen LogP contribution in [-0.4, -0.2) is 171 Å². The first-order chi connectivity index (χ1) is 57.4. The second-order valence-electron chi connectivity index (χ2n) is 26.2. The number of piperidine rings is 1. The van der Waals surface area contributed by atoms with Crippen LogP contribution in [0.15, 0.2) is 266 Å². The number of carbonyl (C=O) groups is 4. The van der Waals surface area contributed by atoms with Gasteiger partial charge in [-0.15, -0.1) is 0 Å². The molecule has 3 amide bonds. The third-order valence-electron chi connectivity index (χ3n) is 17.6. The Morgan fingerprint density at radius 2 is 0.983 bits per heavy atom. The van der Waals surface area contributed by atoms with Crippen molar-refractivity contribution in [2.45, 2.75) is 51.3 Å². The van der Waals surface area contributed by atoms with Crippen molar-refractivity contribution in [2.75, 3.05) is 158 Å². The van der Waals surface area contributed by atoms with Crippen LogP contribution in [0.3, 0.4) is 0 Å². The monoisotopic (exact) mass is 1630 g/mol. The van der Waals surface area contributed by atoms with E-state index in [-0.39, 0.29) is 28.4 Å². The summed E-state index contributed by atoms with van der Waals surface area (Å²) in [6, 6.07) is 75.4. The number of ether oxygens (including phenoxy) is 1. The van der Waals surface area contributed by atoms with Crippen molar-refractivity contribution in [3.05, 3.63) is 295 Å². The summed E-state index contributed by atoms with van der Waals surface area (Å²) in [7, 11) is 22.0. The smallest absolute Gasteiger partial charge is 0.253 e. The van der Waals surface area contributed by atoms with Gasteiger partial charge in [0, 0.05) is 215 Å². The van der Waals surface area contributed by atoms with Crippen LogP contribution in [0.1, 0.15) is 81.1 Å². The Hall–Kier alpha value is -13.7. The third kappa shape index (κ3) is 33.6. The zero-order chi connectivity index (χ0) is 86.9. The first kappa shape index (κ1) is 95.9. The second-order valence-corrected chi connectivity index (χ2v) is 28.0. The molecule has 0 bridgehead atoms. The normalized spacial score (nSPS) is 10.7. The summed E-state index contributed by atoms with van der Waals surface area (Å²) in [5.74, 6) is 2.66. The predicted molar refractivity (Wildman–Crippen MR) is 492 cm³/mol. The molecule has 27 heteroatoms. The maximum absolute atomic E-state index is 11.9. The molecule has 1 saturated heterocycles. The Kier molecular flexibility index (Phi) is 42.5. The molecule has 1 aliphatic heterocycles. The van der Waals surface area contributed by atoms with Crippen molar-refractivity contribution in [1.82, 2.24) is 44.7 Å². The fourth-order valence-corrected chi connectivity index (χ4v) is 12.2. The van der Waals surface area contributed by atoms with E-state index in [0.717, 1.165) is 122 Å². The molecule has 119 heavy (non-hydrogen) atoms. The fourth-order valence-electron chi connectivity index (χ4n) is 11.1. The number of carbonyl (C=O) groups excluding carboxylic acids is 4. The highest BCUT2D eigenvalue weighted by molar-refractivity contribution is 7.89. The lowest BCUT2D eigenvalue weighted by atomic mass is 10.1. The first-order valence-corrected chi connectivity index (χ1v) is 40.2. The molecule has 11 N–H and O–H groups in total. The average molecular weight is 1630 g/mol. The van der Waals surface area contributed by atoms with Crippen molar-refractivity contribution in [2.24, 2.45) is 7.05 Å². The van der Waals surface area contributed by atoms with Gasteiger partial charge in [-0.1, -0.05) is 91.9 Å². The lowest BCUT2D eigenvalue weighted by Gasteiger charge is -2.28. The molecule has 0 spiro atoms. The minimum absolute atomic E-state index is 0.0251. The van der Waals surface area contributed by atoms with Crippen LogP contribution in [-0.2, 0) is 28.3 Å². The van der Waals surface area contributed by atoms with E-state index in [0.29, 0.717) is 24.1 Å². The molecule has 0 aliphatic carbocycles. The van der Waals surface area contributed by atoms with E-state index in [1.807, 2.05) is 264 Å². The predicted octanol–water partition coefficient (Wildman–Crippen LogP) is 16.2. The number of benzene rings is 9. The summed E-state index contributed by atoms with van der Waals surface area (Å²) in [5, 5.41) is 33.8. The molecule has 1 fully saturated rings. The molecule has 26 nitrogen and oxygen atoms in total. The molecule has 12 aromatic rings. The minimum atomic E-state index is -3.33. The van der Waals surface area contributed by atoms with Crippen molar-refractivity contribution in [3.8, 4) is 28.4 Å². The number of Topliss-reactive ketones (excluding diaryl/α,β-unsaturated/α-hetero) is 1. The lowest BCUT2D eigenvalue weighted by Crippen LogP contribution is -2.35. The molecule has 13 rings (SSSR count). The van der Waals surface area contributed by atoms with Gasteiger partial charge in [0.2, 0.25) is 15.9 Å². The summed E-state index contributed by atoms with van der Waals surface area (Å²) in [6.45, 7) is 6.39. The van der Waals surface area contributed by atoms with Crippen molar-refractivity contribution < 1.29 is 32.3 Å². The summed E-state index contributed by atoms with van der Waals surface area (Å²) in [4.78, 5) is 65.7. The van der Waals surface area contributed by atoms with E-state index in [4.69, 9.17) is 4.74 Å². The van der Waals surface area contributed by atoms with Crippen LogP contribution in [0.5, 0.6) is 5.75 Å². The van der Waals surface area contributed by atoms with Gasteiger partial charge in [-0.3, -0.25) is 24.2 Å². The highest BCUT2D eigenvalue weighted by Gasteiger charge is 2.23. The van der Waals surface area contributed by atoms with Crippen molar-refractivity contribution in [3.63, 3.8) is 0 Å². The molecule has 0 saturated carbocycles. The molecule has 628 valence electrons. The largest absolute Gasteiger partial charge is 0.494 e. The summed E-state index contributed by atoms with van der Waals surface area (Å²) in [6.07, 6.45) is 10.6. The van der Waals surface area contributed by atoms with E-state index in [9.17, 15) is 27.6 Å². The summed E-state index contributed by atoms with van der Waals surface area (Å²) >= 11 is 0. The van der Waals surface area contributed by atoms with Crippen LogP contribution in [0.2, 0.25) is 0 Å². The molecule has 4 heterocycles. The van der Waals surface area contributed by atoms with Crippen LogP contribution in [0, 0.1) is 6.92 Å². The maximum Gasteiger partial charge on any atom is 0.253 e. The van der Waals surface area contributed by atoms with Crippen LogP contribution >= 0.6 is 0 Å². The fraction of sp³-hybridized carbons (Fsp3) is 0.250. The summed E-state index contributed by atoms with van der Waals surface area (Å²) < 4.78 is 32.7. The van der Waals surface area contributed by atoms with Gasteiger partial charge < -0.3 is 67.7 Å². The molecule has 3 aromatic heterocycles. The van der Waals surface area contributed by atoms with Gasteiger partial charge in [-0.2, -0.15) is 5.10 Å². The molecule has 1 aliphatic rings. The van der Waals surface area contributed by atoms with Gasteiger partial charge in [-0.05, 0) is 190 Å². The number of amides is 3. The first-order valence-electron chi connectivity index (χ1n) is 38.7. The Labute approximate surface area is 703 Å². The Morgan fingerprint density at radius 3 is 1.50 bits per heavy atom. The summed E-state index contributed by atoms with van der Waals surface area (Å²) in [5.41, 5.74) is 17.8. The lowest BCUT2D eigenvalue weighted by molar-refractivity contribution is -0.119. The van der Waals surface area contributed by atoms with E-state index < -0.39 is 10.0 Å². The zero-order valence-corrected chi connectivity index (χ0v) is 72.2. The number of rotatable bonds is 21. The molecular weight excluding hydrogens is 1520 g/mol. The second kappa shape index (κ2) is 52.7. The minimum Gasteiger partial charge on any atom is -0.494 e. The number of nitrogens with zero attached hydrogens (tertiary/aromatic N) is 8. The van der Waals surface area contributed by atoms with Crippen molar-refractivity contribution >= 4 is 90.4 Å². The molecule has 0 atom stereocenters. The molecule has 9 aromatic carbocycles. The van der Waals surface area contributed by atoms with Gasteiger partial charge in [0.05, 0.1) is 23.4 Å². The molecule has 0 unspecified atom stereocenters. The number of sulfonamides is 1. The molecular formula is C92H117N19O7S. The number of pyridine rings is 1. The number of para-hydroxylation sites is 1. The van der Waals surface area contributed by atoms with Crippen LogP contribution in [0.25, 0.3) is 22.6 Å². The SMILES string of the molecule is CCNS(=O)(=O)c1cccc(NC)c1.CNC(=O)c1cccc(NC)c1.CNc1ccc(N2CCCCC2=O)c(OC)c1.CNc1cccc(-c2ccnc(C)n2)c1.CNc1cccc(-c2ncnn2C)c1.CNc1cccc(C(=O)N(C)C)c1.CNc1cccc(C(C)=O)c1.CNc1cccc(Cc2ccncc2)c1.CNc1ccccc1. The molecule has 0 radical (unpaired) electrons. The number of ketones is 1.